The number of nitrogens with two attached hydrogens (primary N) is 2. The maximum Gasteiger partial charge on any atom is 0.300 e. The number of rotatable bonds is 1. The minimum atomic E-state index is -3.00. The Morgan fingerprint density at radius 3 is 2.75 bits per heavy atom. The summed E-state index contributed by atoms with van der Waals surface area (Å²) in [6.07, 6.45) is 0. The number of hydrogen-bond acceptors (Lipinski definition) is 3. The summed E-state index contributed by atoms with van der Waals surface area (Å²) < 4.78 is 22.1. The van der Waals surface area contributed by atoms with Crippen LogP contribution in [0.1, 0.15) is 6.92 Å². The maximum absolute atomic E-state index is 11.1. The van der Waals surface area contributed by atoms with Gasteiger partial charge in [0.25, 0.3) is 5.17 Å². The van der Waals surface area contributed by atoms with Crippen molar-refractivity contribution in [2.24, 2.45) is 5.73 Å². The molecule has 1 atom stereocenters. The Kier molecular flexibility index (Phi) is 2.48. The van der Waals surface area contributed by atoms with Gasteiger partial charge < -0.3 is 0 Å². The van der Waals surface area contributed by atoms with Crippen LogP contribution < -0.4 is 11.1 Å². The van der Waals surface area contributed by atoms with Gasteiger partial charge >= 0.3 is 0 Å². The fourth-order valence-electron chi connectivity index (χ4n) is 1.04. The largest absolute Gasteiger partial charge is 0.300 e. The molecular formula is C6H11N2O2S2+. The molecule has 0 saturated heterocycles. The zero-order valence-corrected chi connectivity index (χ0v) is 8.28. The van der Waals surface area contributed by atoms with Crippen molar-refractivity contribution in [3.8, 4) is 0 Å². The molecule has 0 aromatic rings. The molecule has 0 spiro atoms. The monoisotopic (exact) mass is 207 g/mol. The average molecular weight is 207 g/mol. The molecule has 0 aromatic carbocycles. The molecule has 0 radical (unpaired) electrons. The van der Waals surface area contributed by atoms with E-state index in [0.29, 0.717) is 0 Å². The van der Waals surface area contributed by atoms with Gasteiger partial charge in [0.15, 0.2) is 9.84 Å². The van der Waals surface area contributed by atoms with Crippen LogP contribution in [0.5, 0.6) is 0 Å². The summed E-state index contributed by atoms with van der Waals surface area (Å²) in [5.41, 5.74) is 6.07. The number of amidine groups is 1. The van der Waals surface area contributed by atoms with Gasteiger partial charge in [-0.15, -0.1) is 0 Å². The Morgan fingerprint density at radius 1 is 1.83 bits per heavy atom. The highest BCUT2D eigenvalue weighted by atomic mass is 32.2. The molecule has 0 saturated carbocycles. The molecule has 1 rings (SSSR count). The lowest BCUT2D eigenvalue weighted by Gasteiger charge is -2.04. The molecule has 1 unspecified atom stereocenters. The smallest absolute Gasteiger partial charge is 0.282 e. The topological polar surface area (TPSA) is 85.8 Å². The van der Waals surface area contributed by atoms with Crippen molar-refractivity contribution in [2.45, 2.75) is 12.2 Å². The van der Waals surface area contributed by atoms with Crippen LogP contribution >= 0.6 is 11.8 Å². The molecule has 68 valence electrons. The van der Waals surface area contributed by atoms with Gasteiger partial charge in [0.1, 0.15) is 0 Å². The normalized spacial score (nSPS) is 26.8. The van der Waals surface area contributed by atoms with E-state index in [1.165, 1.54) is 17.2 Å². The highest BCUT2D eigenvalue weighted by molar-refractivity contribution is 8.15. The van der Waals surface area contributed by atoms with Crippen molar-refractivity contribution < 1.29 is 13.8 Å². The third-order valence-corrected chi connectivity index (χ3v) is 4.37. The van der Waals surface area contributed by atoms with Crippen molar-refractivity contribution >= 4 is 26.8 Å². The number of thioether (sulfide) groups is 1. The van der Waals surface area contributed by atoms with Crippen molar-refractivity contribution in [1.29, 1.82) is 0 Å². The van der Waals surface area contributed by atoms with E-state index in [2.05, 4.69) is 0 Å². The first-order valence-corrected chi connectivity index (χ1v) is 5.96. The molecule has 6 heteroatoms. The van der Waals surface area contributed by atoms with E-state index in [4.69, 9.17) is 11.1 Å². The SMILES string of the molecule is CC1=CS(=O)(=O)CC1SC(N)=[NH2+]. The third kappa shape index (κ3) is 2.25. The first-order valence-electron chi connectivity index (χ1n) is 3.36. The zero-order valence-electron chi connectivity index (χ0n) is 6.65. The Bertz CT molecular complexity index is 331. The lowest BCUT2D eigenvalue weighted by Crippen LogP contribution is -2.44. The molecule has 0 aliphatic carbocycles. The van der Waals surface area contributed by atoms with E-state index >= 15 is 0 Å². The maximum atomic E-state index is 11.1. The van der Waals surface area contributed by atoms with E-state index in [0.717, 1.165) is 5.57 Å². The van der Waals surface area contributed by atoms with Crippen molar-refractivity contribution in [3.63, 3.8) is 0 Å². The summed E-state index contributed by atoms with van der Waals surface area (Å²) in [6.45, 7) is 1.77. The molecule has 0 fully saturated rings. The van der Waals surface area contributed by atoms with E-state index in [1.807, 2.05) is 0 Å². The van der Waals surface area contributed by atoms with Gasteiger partial charge in [0, 0.05) is 5.41 Å². The second kappa shape index (κ2) is 3.10. The van der Waals surface area contributed by atoms with Crippen LogP contribution in [0.15, 0.2) is 11.0 Å². The Labute approximate surface area is 75.6 Å². The summed E-state index contributed by atoms with van der Waals surface area (Å²) in [7, 11) is -3.00. The van der Waals surface area contributed by atoms with Crippen LogP contribution in [-0.4, -0.2) is 24.6 Å². The molecule has 12 heavy (non-hydrogen) atoms. The van der Waals surface area contributed by atoms with Crippen LogP contribution in [0.25, 0.3) is 0 Å². The number of hydrogen-bond donors (Lipinski definition) is 2. The van der Waals surface area contributed by atoms with Crippen LogP contribution in [-0.2, 0) is 9.84 Å². The summed E-state index contributed by atoms with van der Waals surface area (Å²) in [5.74, 6) is 0.112. The van der Waals surface area contributed by atoms with Crippen LogP contribution in [0.4, 0.5) is 0 Å². The molecule has 1 heterocycles. The molecular weight excluding hydrogens is 196 g/mol. The number of sulfone groups is 1. The zero-order chi connectivity index (χ0) is 9.35. The fourth-order valence-corrected chi connectivity index (χ4v) is 4.06. The van der Waals surface area contributed by atoms with Crippen molar-refractivity contribution in [1.82, 2.24) is 0 Å². The van der Waals surface area contributed by atoms with E-state index in [9.17, 15) is 8.42 Å². The predicted molar refractivity (Wildman–Crippen MR) is 50.0 cm³/mol. The quantitative estimate of drug-likeness (QED) is 0.404. The second-order valence-electron chi connectivity index (χ2n) is 2.70. The standard InChI is InChI=1S/C6H10N2O2S2/c1-4-2-12(9,10)3-5(4)11-6(7)8/h2,5H,3H2,1H3,(H3,7,8)/p+1. The minimum Gasteiger partial charge on any atom is -0.282 e. The molecule has 0 aromatic heterocycles. The van der Waals surface area contributed by atoms with Crippen LogP contribution in [0.3, 0.4) is 0 Å². The van der Waals surface area contributed by atoms with E-state index in [-0.39, 0.29) is 16.2 Å². The molecule has 0 amide bonds. The lowest BCUT2D eigenvalue weighted by molar-refractivity contribution is -0.110. The molecule has 1 aliphatic heterocycles. The molecule has 0 bridgehead atoms. The Balaban J connectivity index is 2.76. The van der Waals surface area contributed by atoms with Gasteiger partial charge in [-0.2, -0.15) is 0 Å². The minimum absolute atomic E-state index is 0.0972. The Hall–Kier alpha value is -0.490. The Morgan fingerprint density at radius 2 is 2.42 bits per heavy atom. The molecule has 1 aliphatic rings. The highest BCUT2D eigenvalue weighted by Gasteiger charge is 2.28. The summed E-state index contributed by atoms with van der Waals surface area (Å²) in [4.78, 5) is 0. The van der Waals surface area contributed by atoms with Crippen molar-refractivity contribution in [3.05, 3.63) is 11.0 Å². The predicted octanol–water partition coefficient (Wildman–Crippen LogP) is -1.51. The lowest BCUT2D eigenvalue weighted by atomic mass is 10.3. The van der Waals surface area contributed by atoms with Gasteiger partial charge in [-0.25, -0.2) is 8.42 Å². The highest BCUT2D eigenvalue weighted by Crippen LogP contribution is 2.26. The first-order chi connectivity index (χ1) is 5.41. The van der Waals surface area contributed by atoms with Gasteiger partial charge in [-0.05, 0) is 24.3 Å². The summed E-state index contributed by atoms with van der Waals surface area (Å²) in [6, 6.07) is 0. The van der Waals surface area contributed by atoms with Crippen molar-refractivity contribution in [2.75, 3.05) is 5.75 Å². The van der Waals surface area contributed by atoms with E-state index in [1.54, 1.807) is 6.92 Å². The van der Waals surface area contributed by atoms with Crippen LogP contribution in [0, 0.1) is 0 Å². The fraction of sp³-hybridized carbons (Fsp3) is 0.500. The van der Waals surface area contributed by atoms with Crippen LogP contribution in [0.2, 0.25) is 0 Å². The summed E-state index contributed by atoms with van der Waals surface area (Å²) >= 11 is 1.20. The van der Waals surface area contributed by atoms with Gasteiger partial charge in [-0.1, -0.05) is 0 Å². The van der Waals surface area contributed by atoms with Gasteiger partial charge in [-0.3, -0.25) is 11.1 Å². The summed E-state index contributed by atoms with van der Waals surface area (Å²) in [5, 5.41) is 6.66. The molecule has 4 nitrogen and oxygen atoms in total. The second-order valence-corrected chi connectivity index (χ2v) is 5.87. The molecule has 4 N–H and O–H groups in total. The van der Waals surface area contributed by atoms with Gasteiger partial charge in [0.05, 0.1) is 11.0 Å². The first kappa shape index (κ1) is 9.60. The third-order valence-electron chi connectivity index (χ3n) is 1.54. The van der Waals surface area contributed by atoms with E-state index < -0.39 is 9.84 Å². The average Bonchev–Trinajstić information content (AvgIpc) is 2.03. The van der Waals surface area contributed by atoms with Gasteiger partial charge in [0.2, 0.25) is 0 Å².